The Labute approximate surface area is 154 Å². The molecule has 2 saturated carbocycles. The minimum Gasteiger partial charge on any atom is -0.484 e. The lowest BCUT2D eigenvalue weighted by Gasteiger charge is -2.28. The molecule has 1 aromatic rings. The summed E-state index contributed by atoms with van der Waals surface area (Å²) in [6.07, 6.45) is 4.74. The molecule has 142 valence electrons. The summed E-state index contributed by atoms with van der Waals surface area (Å²) in [5, 5.41) is 5.70. The van der Waals surface area contributed by atoms with Gasteiger partial charge in [0.25, 0.3) is 5.91 Å². The van der Waals surface area contributed by atoms with E-state index in [9.17, 15) is 9.59 Å². The molecule has 26 heavy (non-hydrogen) atoms. The van der Waals surface area contributed by atoms with E-state index in [1.54, 1.807) is 31.2 Å². The van der Waals surface area contributed by atoms with Crippen LogP contribution in [0, 0.1) is 17.8 Å². The maximum Gasteiger partial charge on any atom is 0.411 e. The molecule has 3 rings (SSSR count). The van der Waals surface area contributed by atoms with Crippen molar-refractivity contribution in [3.05, 3.63) is 24.3 Å². The second-order valence-corrected chi connectivity index (χ2v) is 7.36. The van der Waals surface area contributed by atoms with E-state index in [1.165, 1.54) is 25.7 Å². The van der Waals surface area contributed by atoms with Crippen molar-refractivity contribution in [3.8, 4) is 5.75 Å². The van der Waals surface area contributed by atoms with Crippen molar-refractivity contribution in [2.24, 2.45) is 17.8 Å². The monoisotopic (exact) mass is 360 g/mol. The third-order valence-corrected chi connectivity index (χ3v) is 5.55. The first-order chi connectivity index (χ1) is 12.5. The number of rotatable bonds is 7. The Bertz CT molecular complexity index is 648. The van der Waals surface area contributed by atoms with Gasteiger partial charge in [0.2, 0.25) is 0 Å². The summed E-state index contributed by atoms with van der Waals surface area (Å²) in [6, 6.07) is 7.11. The van der Waals surface area contributed by atoms with Gasteiger partial charge < -0.3 is 14.8 Å². The molecule has 0 aliphatic heterocycles. The highest BCUT2D eigenvalue weighted by atomic mass is 16.5. The molecular formula is C20H28N2O4. The van der Waals surface area contributed by atoms with Crippen LogP contribution in [0.25, 0.3) is 0 Å². The van der Waals surface area contributed by atoms with Crippen molar-refractivity contribution in [1.29, 1.82) is 0 Å². The van der Waals surface area contributed by atoms with Crippen LogP contribution in [0.15, 0.2) is 24.3 Å². The summed E-state index contributed by atoms with van der Waals surface area (Å²) >= 11 is 0. The molecule has 0 aromatic heterocycles. The van der Waals surface area contributed by atoms with Gasteiger partial charge in [0.05, 0.1) is 6.61 Å². The molecule has 2 bridgehead atoms. The Morgan fingerprint density at radius 3 is 2.81 bits per heavy atom. The number of fused-ring (bicyclic) bond motifs is 2. The number of hydrogen-bond acceptors (Lipinski definition) is 4. The van der Waals surface area contributed by atoms with Crippen molar-refractivity contribution in [3.63, 3.8) is 0 Å². The van der Waals surface area contributed by atoms with Crippen molar-refractivity contribution in [1.82, 2.24) is 5.32 Å². The Morgan fingerprint density at radius 1 is 1.27 bits per heavy atom. The Morgan fingerprint density at radius 2 is 2.12 bits per heavy atom. The lowest BCUT2D eigenvalue weighted by molar-refractivity contribution is -0.124. The number of amides is 2. The molecule has 1 aromatic carbocycles. The number of benzene rings is 1. The quantitative estimate of drug-likeness (QED) is 0.779. The van der Waals surface area contributed by atoms with E-state index in [2.05, 4.69) is 17.6 Å². The van der Waals surface area contributed by atoms with Crippen molar-refractivity contribution >= 4 is 17.7 Å². The fraction of sp³-hybridized carbons (Fsp3) is 0.600. The Kier molecular flexibility index (Phi) is 6.01. The zero-order chi connectivity index (χ0) is 18.5. The van der Waals surface area contributed by atoms with Gasteiger partial charge in [0.1, 0.15) is 5.75 Å². The molecule has 2 aliphatic carbocycles. The number of carbonyl (C=O) groups excluding carboxylic acids is 2. The van der Waals surface area contributed by atoms with Gasteiger partial charge in [-0.25, -0.2) is 4.79 Å². The molecule has 0 spiro atoms. The van der Waals surface area contributed by atoms with Gasteiger partial charge in [-0.05, 0) is 63.0 Å². The summed E-state index contributed by atoms with van der Waals surface area (Å²) in [5.41, 5.74) is 0.566. The summed E-state index contributed by atoms with van der Waals surface area (Å²) < 4.78 is 10.4. The van der Waals surface area contributed by atoms with Gasteiger partial charge in [-0.3, -0.25) is 10.1 Å². The average molecular weight is 360 g/mol. The molecule has 0 saturated heterocycles. The summed E-state index contributed by atoms with van der Waals surface area (Å²) in [6.45, 7) is 4.12. The van der Waals surface area contributed by atoms with Crippen LogP contribution in [0.2, 0.25) is 0 Å². The van der Waals surface area contributed by atoms with Crippen LogP contribution in [0.5, 0.6) is 5.75 Å². The molecule has 0 heterocycles. The molecule has 0 unspecified atom stereocenters. The molecule has 6 nitrogen and oxygen atoms in total. The van der Waals surface area contributed by atoms with Crippen LogP contribution in [0.3, 0.4) is 0 Å². The number of carbonyl (C=O) groups is 2. The number of hydrogen-bond donors (Lipinski definition) is 2. The SMILES string of the molecule is CCOC(=O)Nc1cccc(OCC(=O)N[C@H](C)[C@@H]2C[C@H]3CC[C@H]2C3)c1. The largest absolute Gasteiger partial charge is 0.484 e. The Hall–Kier alpha value is -2.24. The third-order valence-electron chi connectivity index (χ3n) is 5.55. The van der Waals surface area contributed by atoms with Crippen LogP contribution in [-0.2, 0) is 9.53 Å². The molecule has 6 heteroatoms. The van der Waals surface area contributed by atoms with Crippen LogP contribution in [0.1, 0.15) is 39.5 Å². The normalized spacial score (nSPS) is 24.8. The van der Waals surface area contributed by atoms with Crippen LogP contribution >= 0.6 is 0 Å². The maximum absolute atomic E-state index is 12.2. The van der Waals surface area contributed by atoms with Crippen LogP contribution < -0.4 is 15.4 Å². The molecule has 0 radical (unpaired) electrons. The molecule has 4 atom stereocenters. The first-order valence-corrected chi connectivity index (χ1v) is 9.51. The molecule has 2 aliphatic rings. The average Bonchev–Trinajstić information content (AvgIpc) is 3.24. The standard InChI is InChI=1S/C20H28N2O4/c1-3-25-20(24)22-16-5-4-6-17(11-16)26-12-19(23)21-13(2)18-10-14-7-8-15(18)9-14/h4-6,11,13-15,18H,3,7-10,12H2,1-2H3,(H,21,23)(H,22,24)/t13-,14+,15+,18+/m1/s1. The van der Waals surface area contributed by atoms with Gasteiger partial charge in [-0.15, -0.1) is 0 Å². The third kappa shape index (κ3) is 4.68. The molecule has 2 fully saturated rings. The second-order valence-electron chi connectivity index (χ2n) is 7.36. The smallest absolute Gasteiger partial charge is 0.411 e. The van der Waals surface area contributed by atoms with E-state index in [0.29, 0.717) is 24.0 Å². The van der Waals surface area contributed by atoms with E-state index in [1.807, 2.05) is 0 Å². The summed E-state index contributed by atoms with van der Waals surface area (Å²) in [7, 11) is 0. The predicted molar refractivity (Wildman–Crippen MR) is 99.1 cm³/mol. The van der Waals surface area contributed by atoms with Gasteiger partial charge in [0, 0.05) is 17.8 Å². The van der Waals surface area contributed by atoms with Gasteiger partial charge in [-0.1, -0.05) is 12.5 Å². The maximum atomic E-state index is 12.2. The summed E-state index contributed by atoms with van der Waals surface area (Å²) in [5.74, 6) is 2.68. The fourth-order valence-electron chi connectivity index (χ4n) is 4.41. The van der Waals surface area contributed by atoms with Gasteiger partial charge in [0.15, 0.2) is 6.61 Å². The zero-order valence-corrected chi connectivity index (χ0v) is 15.5. The van der Waals surface area contributed by atoms with E-state index >= 15 is 0 Å². The van der Waals surface area contributed by atoms with Crippen molar-refractivity contribution < 1.29 is 19.1 Å². The van der Waals surface area contributed by atoms with E-state index in [-0.39, 0.29) is 18.6 Å². The van der Waals surface area contributed by atoms with Crippen LogP contribution in [0.4, 0.5) is 10.5 Å². The second kappa shape index (κ2) is 8.43. The minimum absolute atomic E-state index is 0.0337. The number of anilines is 1. The zero-order valence-electron chi connectivity index (χ0n) is 15.5. The van der Waals surface area contributed by atoms with E-state index < -0.39 is 6.09 Å². The lowest BCUT2D eigenvalue weighted by atomic mass is 9.84. The molecule has 2 N–H and O–H groups in total. The first-order valence-electron chi connectivity index (χ1n) is 9.51. The Balaban J connectivity index is 1.44. The predicted octanol–water partition coefficient (Wildman–Crippen LogP) is 3.57. The lowest BCUT2D eigenvalue weighted by Crippen LogP contribution is -2.42. The first kappa shape index (κ1) is 18.5. The van der Waals surface area contributed by atoms with Crippen molar-refractivity contribution in [2.45, 2.75) is 45.6 Å². The summed E-state index contributed by atoms with van der Waals surface area (Å²) in [4.78, 5) is 23.7. The number of ether oxygens (including phenoxy) is 2. The number of nitrogens with one attached hydrogen (secondary N) is 2. The molecular weight excluding hydrogens is 332 g/mol. The molecule has 2 amide bonds. The fourth-order valence-corrected chi connectivity index (χ4v) is 4.41. The minimum atomic E-state index is -0.512. The highest BCUT2D eigenvalue weighted by Crippen LogP contribution is 2.49. The van der Waals surface area contributed by atoms with Crippen LogP contribution in [-0.4, -0.2) is 31.3 Å². The van der Waals surface area contributed by atoms with E-state index in [4.69, 9.17) is 9.47 Å². The highest BCUT2D eigenvalue weighted by Gasteiger charge is 2.42. The topological polar surface area (TPSA) is 76.7 Å². The highest BCUT2D eigenvalue weighted by molar-refractivity contribution is 5.84. The van der Waals surface area contributed by atoms with Gasteiger partial charge in [-0.2, -0.15) is 0 Å². The van der Waals surface area contributed by atoms with Gasteiger partial charge >= 0.3 is 6.09 Å². The van der Waals surface area contributed by atoms with E-state index in [0.717, 1.165) is 11.8 Å². The van der Waals surface area contributed by atoms with Crippen molar-refractivity contribution in [2.75, 3.05) is 18.5 Å².